The number of H-pyrrole nitrogens is 1. The molecule has 0 amide bonds. The summed E-state index contributed by atoms with van der Waals surface area (Å²) in [4.78, 5) is 7.05. The second-order valence-electron chi connectivity index (χ2n) is 3.20. The minimum absolute atomic E-state index is 0.00912. The van der Waals surface area contributed by atoms with Crippen molar-refractivity contribution in [3.05, 3.63) is 30.1 Å². The minimum Gasteiger partial charge on any atom is -0.341 e. The summed E-state index contributed by atoms with van der Waals surface area (Å²) in [5.41, 5.74) is 1.42. The Morgan fingerprint density at radius 3 is 3.00 bits per heavy atom. The van der Waals surface area contributed by atoms with Crippen molar-refractivity contribution in [3.63, 3.8) is 0 Å². The van der Waals surface area contributed by atoms with Gasteiger partial charge >= 0.3 is 0 Å². The van der Waals surface area contributed by atoms with Crippen LogP contribution in [0.1, 0.15) is 5.69 Å². The van der Waals surface area contributed by atoms with Crippen LogP contribution in [0.5, 0.6) is 0 Å². The van der Waals surface area contributed by atoms with E-state index in [9.17, 15) is 8.42 Å². The van der Waals surface area contributed by atoms with Gasteiger partial charge in [0, 0.05) is 17.3 Å². The molecule has 2 rings (SSSR count). The first-order valence-electron chi connectivity index (χ1n) is 4.31. The molecule has 0 radical (unpaired) electrons. The third kappa shape index (κ3) is 2.54. The molecule has 0 aliphatic heterocycles. The summed E-state index contributed by atoms with van der Waals surface area (Å²) in [6.07, 6.45) is 2.69. The molecule has 0 atom stereocenters. The number of aromatic nitrogens is 2. The summed E-state index contributed by atoms with van der Waals surface area (Å²) in [6.45, 7) is 0.00912. The van der Waals surface area contributed by atoms with Crippen molar-refractivity contribution in [3.8, 4) is 0 Å². The maximum atomic E-state index is 10.8. The van der Waals surface area contributed by atoms with E-state index < -0.39 is 10.1 Å². The lowest BCUT2D eigenvalue weighted by Crippen LogP contribution is -2.02. The van der Waals surface area contributed by atoms with Crippen molar-refractivity contribution >= 4 is 21.2 Å². The van der Waals surface area contributed by atoms with E-state index >= 15 is 0 Å². The van der Waals surface area contributed by atoms with Crippen molar-refractivity contribution in [2.75, 3.05) is 6.26 Å². The van der Waals surface area contributed by atoms with Crippen LogP contribution >= 0.6 is 0 Å². The van der Waals surface area contributed by atoms with Gasteiger partial charge in [-0.2, -0.15) is 8.42 Å². The Morgan fingerprint density at radius 2 is 2.33 bits per heavy atom. The summed E-state index contributed by atoms with van der Waals surface area (Å²) in [7, 11) is -3.40. The van der Waals surface area contributed by atoms with Gasteiger partial charge in [-0.05, 0) is 18.2 Å². The first-order valence-corrected chi connectivity index (χ1v) is 6.13. The molecule has 0 aromatic carbocycles. The van der Waals surface area contributed by atoms with Crippen LogP contribution in [-0.4, -0.2) is 24.6 Å². The lowest BCUT2D eigenvalue weighted by Gasteiger charge is -1.97. The topological polar surface area (TPSA) is 72.1 Å². The molecule has 0 bridgehead atoms. The Labute approximate surface area is 87.2 Å². The number of pyridine rings is 1. The third-order valence-electron chi connectivity index (χ3n) is 1.88. The molecule has 0 aliphatic carbocycles. The monoisotopic (exact) mass is 226 g/mol. The molecule has 2 aromatic rings. The Balaban J connectivity index is 2.23. The zero-order chi connectivity index (χ0) is 10.9. The van der Waals surface area contributed by atoms with E-state index in [0.29, 0.717) is 5.69 Å². The Morgan fingerprint density at radius 1 is 1.53 bits per heavy atom. The first kappa shape index (κ1) is 10.1. The maximum absolute atomic E-state index is 10.8. The van der Waals surface area contributed by atoms with E-state index in [0.717, 1.165) is 17.3 Å². The molecule has 0 fully saturated rings. The van der Waals surface area contributed by atoms with Crippen LogP contribution in [0.2, 0.25) is 0 Å². The lowest BCUT2D eigenvalue weighted by molar-refractivity contribution is 0.308. The maximum Gasteiger partial charge on any atom is 0.264 e. The predicted molar refractivity (Wildman–Crippen MR) is 55.7 cm³/mol. The van der Waals surface area contributed by atoms with Gasteiger partial charge in [0.2, 0.25) is 0 Å². The van der Waals surface area contributed by atoms with Gasteiger partial charge in [-0.15, -0.1) is 0 Å². The quantitative estimate of drug-likeness (QED) is 0.794. The Kier molecular flexibility index (Phi) is 2.45. The fourth-order valence-corrected chi connectivity index (χ4v) is 1.60. The highest BCUT2D eigenvalue weighted by Crippen LogP contribution is 2.13. The second kappa shape index (κ2) is 3.63. The van der Waals surface area contributed by atoms with E-state index in [-0.39, 0.29) is 6.61 Å². The van der Waals surface area contributed by atoms with Crippen LogP contribution in [-0.2, 0) is 20.9 Å². The van der Waals surface area contributed by atoms with E-state index in [1.165, 1.54) is 0 Å². The number of nitrogens with zero attached hydrogens (tertiary/aromatic N) is 1. The first-order chi connectivity index (χ1) is 7.04. The molecule has 2 aromatic heterocycles. The van der Waals surface area contributed by atoms with Gasteiger partial charge in [-0.1, -0.05) is 0 Å². The summed E-state index contributed by atoms with van der Waals surface area (Å²) < 4.78 is 26.2. The zero-order valence-electron chi connectivity index (χ0n) is 8.10. The largest absolute Gasteiger partial charge is 0.341 e. The molecule has 0 unspecified atom stereocenters. The SMILES string of the molecule is CS(=O)(=O)OCc1cc2cccnc2[nH]1. The van der Waals surface area contributed by atoms with Crippen molar-refractivity contribution in [2.45, 2.75) is 6.61 Å². The number of hydrogen-bond acceptors (Lipinski definition) is 4. The van der Waals surface area contributed by atoms with E-state index in [1.807, 2.05) is 18.2 Å². The van der Waals surface area contributed by atoms with Crippen molar-refractivity contribution < 1.29 is 12.6 Å². The van der Waals surface area contributed by atoms with Crippen LogP contribution in [0.4, 0.5) is 0 Å². The molecule has 0 saturated heterocycles. The highest BCUT2D eigenvalue weighted by molar-refractivity contribution is 7.85. The standard InChI is InChI=1S/C9H10N2O3S/c1-15(12,13)14-6-8-5-7-3-2-4-10-9(7)11-8/h2-5H,6H2,1H3,(H,10,11). The smallest absolute Gasteiger partial charge is 0.264 e. The molecular weight excluding hydrogens is 216 g/mol. The number of aromatic amines is 1. The average Bonchev–Trinajstić information content (AvgIpc) is 2.56. The lowest BCUT2D eigenvalue weighted by atomic mass is 10.3. The summed E-state index contributed by atoms with van der Waals surface area (Å²) in [5.74, 6) is 0. The molecule has 5 nitrogen and oxygen atoms in total. The molecule has 0 saturated carbocycles. The average molecular weight is 226 g/mol. The molecule has 15 heavy (non-hydrogen) atoms. The molecule has 0 spiro atoms. The van der Waals surface area contributed by atoms with Crippen molar-refractivity contribution in [1.82, 2.24) is 9.97 Å². The second-order valence-corrected chi connectivity index (χ2v) is 4.85. The summed E-state index contributed by atoms with van der Waals surface area (Å²) in [5, 5.41) is 0.935. The number of rotatable bonds is 3. The van der Waals surface area contributed by atoms with E-state index in [1.54, 1.807) is 6.20 Å². The molecular formula is C9H10N2O3S. The van der Waals surface area contributed by atoms with Crippen LogP contribution in [0, 0.1) is 0 Å². The highest BCUT2D eigenvalue weighted by atomic mass is 32.2. The van der Waals surface area contributed by atoms with Crippen LogP contribution < -0.4 is 0 Å². The molecule has 2 heterocycles. The van der Waals surface area contributed by atoms with E-state index in [4.69, 9.17) is 0 Å². The van der Waals surface area contributed by atoms with Gasteiger partial charge in [0.1, 0.15) is 12.3 Å². The van der Waals surface area contributed by atoms with Crippen LogP contribution in [0.15, 0.2) is 24.4 Å². The summed E-state index contributed by atoms with van der Waals surface area (Å²) >= 11 is 0. The highest BCUT2D eigenvalue weighted by Gasteiger charge is 2.05. The molecule has 0 aliphatic rings. The van der Waals surface area contributed by atoms with Gasteiger partial charge < -0.3 is 4.98 Å². The Bertz CT molecular complexity index is 541. The van der Waals surface area contributed by atoms with Crippen LogP contribution in [0.3, 0.4) is 0 Å². The van der Waals surface area contributed by atoms with Gasteiger partial charge in [0.05, 0.1) is 6.26 Å². The zero-order valence-corrected chi connectivity index (χ0v) is 8.91. The van der Waals surface area contributed by atoms with Gasteiger partial charge in [0.15, 0.2) is 0 Å². The van der Waals surface area contributed by atoms with Gasteiger partial charge in [0.25, 0.3) is 10.1 Å². The van der Waals surface area contributed by atoms with Crippen molar-refractivity contribution in [1.29, 1.82) is 0 Å². The van der Waals surface area contributed by atoms with Gasteiger partial charge in [-0.25, -0.2) is 4.98 Å². The molecule has 80 valence electrons. The van der Waals surface area contributed by atoms with Crippen molar-refractivity contribution in [2.24, 2.45) is 0 Å². The van der Waals surface area contributed by atoms with Crippen LogP contribution in [0.25, 0.3) is 11.0 Å². The third-order valence-corrected chi connectivity index (χ3v) is 2.42. The molecule has 6 heteroatoms. The van der Waals surface area contributed by atoms with Gasteiger partial charge in [-0.3, -0.25) is 4.18 Å². The number of fused-ring (bicyclic) bond motifs is 1. The number of nitrogens with one attached hydrogen (secondary N) is 1. The predicted octanol–water partition coefficient (Wildman–Crippen LogP) is 1.04. The minimum atomic E-state index is -3.40. The fraction of sp³-hybridized carbons (Fsp3) is 0.222. The number of hydrogen-bond donors (Lipinski definition) is 1. The molecule has 1 N–H and O–H groups in total. The summed E-state index contributed by atoms with van der Waals surface area (Å²) in [6, 6.07) is 5.52. The van der Waals surface area contributed by atoms with E-state index in [2.05, 4.69) is 14.2 Å². The Hall–Kier alpha value is -1.40. The fourth-order valence-electron chi connectivity index (χ4n) is 1.26. The normalized spacial score (nSPS) is 12.1.